The SMILES string of the molecule is CCCN(C(=O)C(NC(=O)OC(C)(C)C)C(C)CC)C(C(=O)NCC(=O)OC)c1c(C)cccc1C. The van der Waals surface area contributed by atoms with E-state index in [1.165, 1.54) is 12.0 Å². The zero-order chi connectivity index (χ0) is 27.6. The lowest BCUT2D eigenvalue weighted by Gasteiger charge is -2.37. The maximum atomic E-state index is 14.1. The predicted molar refractivity (Wildman–Crippen MR) is 138 cm³/mol. The summed E-state index contributed by atoms with van der Waals surface area (Å²) < 4.78 is 10.1. The second kappa shape index (κ2) is 13.8. The van der Waals surface area contributed by atoms with Crippen molar-refractivity contribution in [1.29, 1.82) is 0 Å². The van der Waals surface area contributed by atoms with Gasteiger partial charge in [0.15, 0.2) is 0 Å². The third kappa shape index (κ3) is 8.84. The fraction of sp³-hybridized carbons (Fsp3) is 0.630. The first kappa shape index (κ1) is 30.9. The van der Waals surface area contributed by atoms with Crippen molar-refractivity contribution in [3.63, 3.8) is 0 Å². The highest BCUT2D eigenvalue weighted by molar-refractivity contribution is 5.93. The molecule has 3 unspecified atom stereocenters. The molecule has 1 rings (SSSR count). The highest BCUT2D eigenvalue weighted by Crippen LogP contribution is 2.29. The molecule has 9 heteroatoms. The largest absolute Gasteiger partial charge is 0.468 e. The van der Waals surface area contributed by atoms with E-state index in [0.717, 1.165) is 11.1 Å². The maximum absolute atomic E-state index is 14.1. The van der Waals surface area contributed by atoms with Gasteiger partial charge in [-0.25, -0.2) is 4.79 Å². The first-order chi connectivity index (χ1) is 16.8. The van der Waals surface area contributed by atoms with Crippen LogP contribution in [0.2, 0.25) is 0 Å². The summed E-state index contributed by atoms with van der Waals surface area (Å²) in [6, 6.07) is 3.73. The summed E-state index contributed by atoms with van der Waals surface area (Å²) in [6.45, 7) is 14.7. The molecular formula is C27H43N3O6. The lowest BCUT2D eigenvalue weighted by molar-refractivity contribution is -0.145. The Morgan fingerprint density at radius 2 is 1.64 bits per heavy atom. The first-order valence-corrected chi connectivity index (χ1v) is 12.5. The van der Waals surface area contributed by atoms with Crippen molar-refractivity contribution in [2.75, 3.05) is 20.2 Å². The number of nitrogens with zero attached hydrogens (tertiary/aromatic N) is 1. The van der Waals surface area contributed by atoms with E-state index in [2.05, 4.69) is 15.4 Å². The molecule has 1 aromatic rings. The van der Waals surface area contributed by atoms with E-state index >= 15 is 0 Å². The van der Waals surface area contributed by atoms with E-state index in [1.807, 2.05) is 52.8 Å². The summed E-state index contributed by atoms with van der Waals surface area (Å²) in [7, 11) is 1.24. The first-order valence-electron chi connectivity index (χ1n) is 12.5. The highest BCUT2D eigenvalue weighted by atomic mass is 16.6. The number of rotatable bonds is 11. The highest BCUT2D eigenvalue weighted by Gasteiger charge is 2.38. The molecule has 0 aliphatic rings. The van der Waals surface area contributed by atoms with Gasteiger partial charge in [0.05, 0.1) is 7.11 Å². The lowest BCUT2D eigenvalue weighted by atomic mass is 9.92. The molecule has 0 saturated heterocycles. The van der Waals surface area contributed by atoms with Gasteiger partial charge in [0.2, 0.25) is 11.8 Å². The molecule has 0 radical (unpaired) electrons. The normalized spacial score (nSPS) is 13.7. The third-order valence-corrected chi connectivity index (χ3v) is 5.91. The van der Waals surface area contributed by atoms with Crippen LogP contribution in [0.15, 0.2) is 18.2 Å². The Labute approximate surface area is 215 Å². The number of amides is 3. The number of ether oxygens (including phenoxy) is 2. The molecule has 0 heterocycles. The third-order valence-electron chi connectivity index (χ3n) is 5.91. The summed E-state index contributed by atoms with van der Waals surface area (Å²) >= 11 is 0. The van der Waals surface area contributed by atoms with E-state index in [9.17, 15) is 19.2 Å². The molecule has 9 nitrogen and oxygen atoms in total. The number of hydrogen-bond donors (Lipinski definition) is 2. The van der Waals surface area contributed by atoms with Gasteiger partial charge in [0.25, 0.3) is 0 Å². The van der Waals surface area contributed by atoms with E-state index in [4.69, 9.17) is 4.74 Å². The van der Waals surface area contributed by atoms with Crippen LogP contribution in [0, 0.1) is 19.8 Å². The number of carbonyl (C=O) groups is 4. The number of aryl methyl sites for hydroxylation is 2. The van der Waals surface area contributed by atoms with Crippen LogP contribution in [0.5, 0.6) is 0 Å². The Kier molecular flexibility index (Phi) is 11.9. The fourth-order valence-electron chi connectivity index (χ4n) is 3.92. The predicted octanol–water partition coefficient (Wildman–Crippen LogP) is 3.81. The van der Waals surface area contributed by atoms with Crippen molar-refractivity contribution < 1.29 is 28.7 Å². The standard InChI is InChI=1S/C27H43N3O6/c1-10-15-30(25(33)22(17(3)11-2)29-26(34)36-27(6,7)8)23(24(32)28-16-20(31)35-9)21-18(4)13-12-14-19(21)5/h12-14,17,22-23H,10-11,15-16H2,1-9H3,(H,28,32)(H,29,34). The molecule has 0 fully saturated rings. The Bertz CT molecular complexity index is 904. The summed E-state index contributed by atoms with van der Waals surface area (Å²) in [5, 5.41) is 5.35. The van der Waals surface area contributed by atoms with Crippen LogP contribution in [0.3, 0.4) is 0 Å². The molecule has 0 aromatic heterocycles. The minimum Gasteiger partial charge on any atom is -0.468 e. The van der Waals surface area contributed by atoms with Gasteiger partial charge in [-0.05, 0) is 63.6 Å². The van der Waals surface area contributed by atoms with Gasteiger partial charge in [0, 0.05) is 6.54 Å². The van der Waals surface area contributed by atoms with Crippen LogP contribution in [-0.4, -0.2) is 60.6 Å². The van der Waals surface area contributed by atoms with Crippen LogP contribution >= 0.6 is 0 Å². The van der Waals surface area contributed by atoms with Crippen LogP contribution in [-0.2, 0) is 23.9 Å². The fourth-order valence-corrected chi connectivity index (χ4v) is 3.92. The number of nitrogens with one attached hydrogen (secondary N) is 2. The molecule has 0 saturated carbocycles. The van der Waals surface area contributed by atoms with Crippen molar-refractivity contribution >= 4 is 23.9 Å². The molecule has 3 amide bonds. The van der Waals surface area contributed by atoms with Crippen molar-refractivity contribution in [2.45, 2.75) is 85.9 Å². The minimum absolute atomic E-state index is 0.221. The smallest absolute Gasteiger partial charge is 0.408 e. The Morgan fingerprint density at radius 3 is 2.11 bits per heavy atom. The average molecular weight is 506 g/mol. The van der Waals surface area contributed by atoms with Crippen molar-refractivity contribution in [1.82, 2.24) is 15.5 Å². The quantitative estimate of drug-likeness (QED) is 0.442. The van der Waals surface area contributed by atoms with Gasteiger partial charge in [-0.3, -0.25) is 14.4 Å². The van der Waals surface area contributed by atoms with Crippen molar-refractivity contribution in [3.8, 4) is 0 Å². The molecule has 0 aliphatic heterocycles. The summed E-state index contributed by atoms with van der Waals surface area (Å²) in [5.74, 6) is -1.71. The molecule has 3 atom stereocenters. The molecular weight excluding hydrogens is 462 g/mol. The summed E-state index contributed by atoms with van der Waals surface area (Å²) in [4.78, 5) is 53.5. The minimum atomic E-state index is -1.00. The van der Waals surface area contributed by atoms with Gasteiger partial charge in [-0.1, -0.05) is 45.4 Å². The zero-order valence-electron chi connectivity index (χ0n) is 23.2. The average Bonchev–Trinajstić information content (AvgIpc) is 2.80. The second-order valence-corrected chi connectivity index (χ2v) is 10.0. The number of benzene rings is 1. The Morgan fingerprint density at radius 1 is 1.06 bits per heavy atom. The number of carbonyl (C=O) groups excluding carboxylic acids is 4. The number of hydrogen-bond acceptors (Lipinski definition) is 6. The Hall–Kier alpha value is -3.10. The topological polar surface area (TPSA) is 114 Å². The van der Waals surface area contributed by atoms with Gasteiger partial charge in [-0.15, -0.1) is 0 Å². The number of methoxy groups -OCH3 is 1. The van der Waals surface area contributed by atoms with E-state index in [1.54, 1.807) is 20.8 Å². The van der Waals surface area contributed by atoms with E-state index in [0.29, 0.717) is 18.4 Å². The van der Waals surface area contributed by atoms with Crippen LogP contribution < -0.4 is 10.6 Å². The van der Waals surface area contributed by atoms with Gasteiger partial charge >= 0.3 is 12.1 Å². The van der Waals surface area contributed by atoms with Crippen LogP contribution in [0.25, 0.3) is 0 Å². The maximum Gasteiger partial charge on any atom is 0.408 e. The van der Waals surface area contributed by atoms with Crippen LogP contribution in [0.4, 0.5) is 4.79 Å². The number of esters is 1. The molecule has 0 aliphatic carbocycles. The van der Waals surface area contributed by atoms with Crippen LogP contribution in [0.1, 0.15) is 77.1 Å². The van der Waals surface area contributed by atoms with E-state index in [-0.39, 0.29) is 19.0 Å². The van der Waals surface area contributed by atoms with Gasteiger partial charge in [-0.2, -0.15) is 0 Å². The lowest BCUT2D eigenvalue weighted by Crippen LogP contribution is -2.55. The van der Waals surface area contributed by atoms with Gasteiger partial charge < -0.3 is 25.0 Å². The molecule has 2 N–H and O–H groups in total. The summed E-state index contributed by atoms with van der Waals surface area (Å²) in [6.07, 6.45) is 0.502. The second-order valence-electron chi connectivity index (χ2n) is 10.0. The summed E-state index contributed by atoms with van der Waals surface area (Å²) in [5.41, 5.74) is 1.62. The Balaban J connectivity index is 3.55. The monoisotopic (exact) mass is 505 g/mol. The number of alkyl carbamates (subject to hydrolysis) is 1. The van der Waals surface area contributed by atoms with Crippen molar-refractivity contribution in [2.24, 2.45) is 5.92 Å². The van der Waals surface area contributed by atoms with Crippen molar-refractivity contribution in [3.05, 3.63) is 34.9 Å². The van der Waals surface area contributed by atoms with E-state index < -0.39 is 41.6 Å². The molecule has 0 bridgehead atoms. The molecule has 0 spiro atoms. The zero-order valence-corrected chi connectivity index (χ0v) is 23.2. The van der Waals surface area contributed by atoms with Gasteiger partial charge in [0.1, 0.15) is 24.2 Å². The molecule has 36 heavy (non-hydrogen) atoms. The molecule has 1 aromatic carbocycles. The molecule has 202 valence electrons.